The van der Waals surface area contributed by atoms with Crippen molar-refractivity contribution in [3.63, 3.8) is 0 Å². The molecule has 0 aromatic carbocycles. The summed E-state index contributed by atoms with van der Waals surface area (Å²) in [6.07, 6.45) is 4.51. The molecule has 0 radical (unpaired) electrons. The number of nitrogens with one attached hydrogen (secondary N) is 2. The van der Waals surface area contributed by atoms with Gasteiger partial charge in [0.1, 0.15) is 5.65 Å². The molecular weight excluding hydrogens is 232 g/mol. The minimum atomic E-state index is -0.805. The fourth-order valence-electron chi connectivity index (χ4n) is 2.45. The van der Waals surface area contributed by atoms with E-state index in [1.54, 1.807) is 12.3 Å². The number of piperidine rings is 1. The average Bonchev–Trinajstić information content (AvgIpc) is 2.83. The molecule has 0 unspecified atom stereocenters. The van der Waals surface area contributed by atoms with Gasteiger partial charge in [-0.2, -0.15) is 0 Å². The maximum Gasteiger partial charge on any atom is 0.262 e. The first-order chi connectivity index (χ1) is 8.68. The topological polar surface area (TPSA) is 82.9 Å². The molecule has 6 heteroatoms. The van der Waals surface area contributed by atoms with Gasteiger partial charge in [-0.1, -0.05) is 0 Å². The predicted molar refractivity (Wildman–Crippen MR) is 67.4 cm³/mol. The van der Waals surface area contributed by atoms with Crippen molar-refractivity contribution in [3.05, 3.63) is 28.9 Å². The van der Waals surface area contributed by atoms with Gasteiger partial charge in [-0.25, -0.2) is 4.98 Å². The second-order valence-electron chi connectivity index (χ2n) is 4.89. The van der Waals surface area contributed by atoms with Crippen molar-refractivity contribution in [1.29, 1.82) is 0 Å². The minimum Gasteiger partial charge on any atom is -0.388 e. The number of aliphatic hydroxyl groups is 1. The standard InChI is InChI=1S/C12H16N4O2/c17-11-9-1-4-14-10(9)15-8-16(11)7-12(18)2-5-13-6-3-12/h1,4,8,13-14,18H,2-3,5-7H2. The van der Waals surface area contributed by atoms with Gasteiger partial charge >= 0.3 is 0 Å². The molecule has 3 heterocycles. The van der Waals surface area contributed by atoms with E-state index < -0.39 is 5.60 Å². The van der Waals surface area contributed by atoms with E-state index in [4.69, 9.17) is 0 Å². The van der Waals surface area contributed by atoms with E-state index in [1.807, 2.05) is 0 Å². The first-order valence-electron chi connectivity index (χ1n) is 6.14. The van der Waals surface area contributed by atoms with Crippen LogP contribution in [0.25, 0.3) is 11.0 Å². The molecule has 1 fully saturated rings. The maximum absolute atomic E-state index is 12.2. The number of rotatable bonds is 2. The van der Waals surface area contributed by atoms with Crippen LogP contribution in [0.4, 0.5) is 0 Å². The first-order valence-corrected chi connectivity index (χ1v) is 6.14. The van der Waals surface area contributed by atoms with Crippen molar-refractivity contribution < 1.29 is 5.11 Å². The zero-order valence-corrected chi connectivity index (χ0v) is 10.0. The Labute approximate surface area is 104 Å². The lowest BCUT2D eigenvalue weighted by Crippen LogP contribution is -2.46. The van der Waals surface area contributed by atoms with Crippen LogP contribution in [0.1, 0.15) is 12.8 Å². The smallest absolute Gasteiger partial charge is 0.262 e. The lowest BCUT2D eigenvalue weighted by Gasteiger charge is -2.32. The van der Waals surface area contributed by atoms with Gasteiger partial charge in [0.05, 0.1) is 23.9 Å². The Bertz CT molecular complexity index is 610. The Balaban J connectivity index is 1.94. The third-order valence-electron chi connectivity index (χ3n) is 3.54. The molecule has 3 N–H and O–H groups in total. The molecule has 6 nitrogen and oxygen atoms in total. The Morgan fingerprint density at radius 1 is 1.44 bits per heavy atom. The molecule has 0 aliphatic carbocycles. The quantitative estimate of drug-likeness (QED) is 0.689. The van der Waals surface area contributed by atoms with Crippen LogP contribution in [0.2, 0.25) is 0 Å². The highest BCUT2D eigenvalue weighted by Gasteiger charge is 2.30. The summed E-state index contributed by atoms with van der Waals surface area (Å²) in [6.45, 7) is 1.87. The van der Waals surface area contributed by atoms with Gasteiger partial charge in [-0.05, 0) is 32.0 Å². The maximum atomic E-state index is 12.2. The molecule has 96 valence electrons. The molecule has 3 rings (SSSR count). The van der Waals surface area contributed by atoms with Crippen molar-refractivity contribution in [2.24, 2.45) is 0 Å². The number of hydrogen-bond donors (Lipinski definition) is 3. The van der Waals surface area contributed by atoms with Crippen molar-refractivity contribution in [3.8, 4) is 0 Å². The second kappa shape index (κ2) is 4.22. The molecule has 0 atom stereocenters. The van der Waals surface area contributed by atoms with Gasteiger partial charge in [0, 0.05) is 6.20 Å². The van der Waals surface area contributed by atoms with E-state index in [0.29, 0.717) is 30.4 Å². The van der Waals surface area contributed by atoms with Crippen LogP contribution in [0, 0.1) is 0 Å². The monoisotopic (exact) mass is 248 g/mol. The van der Waals surface area contributed by atoms with Crippen molar-refractivity contribution in [2.45, 2.75) is 25.0 Å². The lowest BCUT2D eigenvalue weighted by atomic mass is 9.92. The molecule has 1 aliphatic rings. The number of aromatic amines is 1. The summed E-state index contributed by atoms with van der Waals surface area (Å²) in [7, 11) is 0. The molecular formula is C12H16N4O2. The Morgan fingerprint density at radius 2 is 2.22 bits per heavy atom. The van der Waals surface area contributed by atoms with E-state index in [0.717, 1.165) is 13.1 Å². The van der Waals surface area contributed by atoms with E-state index in [-0.39, 0.29) is 5.56 Å². The molecule has 0 amide bonds. The van der Waals surface area contributed by atoms with Gasteiger partial charge in [0.25, 0.3) is 5.56 Å². The lowest BCUT2D eigenvalue weighted by molar-refractivity contribution is -0.00627. The van der Waals surface area contributed by atoms with E-state index in [2.05, 4.69) is 15.3 Å². The van der Waals surface area contributed by atoms with Gasteiger partial charge in [-0.15, -0.1) is 0 Å². The van der Waals surface area contributed by atoms with Gasteiger partial charge < -0.3 is 15.4 Å². The SMILES string of the molecule is O=c1c2cc[nH]c2ncn1CC1(O)CCNCC1. The summed E-state index contributed by atoms with van der Waals surface area (Å²) in [5.74, 6) is 0. The third kappa shape index (κ3) is 1.93. The Kier molecular flexibility index (Phi) is 2.68. The van der Waals surface area contributed by atoms with Crippen LogP contribution >= 0.6 is 0 Å². The fraction of sp³-hybridized carbons (Fsp3) is 0.500. The van der Waals surface area contributed by atoms with Gasteiger partial charge in [-0.3, -0.25) is 9.36 Å². The Morgan fingerprint density at radius 3 is 3.00 bits per heavy atom. The van der Waals surface area contributed by atoms with Crippen LogP contribution in [0.15, 0.2) is 23.4 Å². The molecule has 2 aromatic rings. The summed E-state index contributed by atoms with van der Waals surface area (Å²) >= 11 is 0. The van der Waals surface area contributed by atoms with Gasteiger partial charge in [0.15, 0.2) is 0 Å². The van der Waals surface area contributed by atoms with E-state index in [9.17, 15) is 9.90 Å². The van der Waals surface area contributed by atoms with Crippen molar-refractivity contribution in [2.75, 3.05) is 13.1 Å². The van der Waals surface area contributed by atoms with Crippen LogP contribution in [0.3, 0.4) is 0 Å². The summed E-state index contributed by atoms with van der Waals surface area (Å²) in [4.78, 5) is 19.3. The largest absolute Gasteiger partial charge is 0.388 e. The fourth-order valence-corrected chi connectivity index (χ4v) is 2.45. The van der Waals surface area contributed by atoms with Crippen LogP contribution < -0.4 is 10.9 Å². The predicted octanol–water partition coefficient (Wildman–Crippen LogP) is -0.161. The number of nitrogens with zero attached hydrogens (tertiary/aromatic N) is 2. The first kappa shape index (κ1) is 11.4. The summed E-state index contributed by atoms with van der Waals surface area (Å²) in [6, 6.07) is 1.72. The molecule has 0 bridgehead atoms. The van der Waals surface area contributed by atoms with Crippen molar-refractivity contribution >= 4 is 11.0 Å². The molecule has 2 aromatic heterocycles. The number of aromatic nitrogens is 3. The zero-order chi connectivity index (χ0) is 12.6. The second-order valence-corrected chi connectivity index (χ2v) is 4.89. The zero-order valence-electron chi connectivity index (χ0n) is 10.0. The van der Waals surface area contributed by atoms with Crippen LogP contribution in [-0.2, 0) is 6.54 Å². The Hall–Kier alpha value is -1.66. The highest BCUT2D eigenvalue weighted by atomic mass is 16.3. The number of fused-ring (bicyclic) bond motifs is 1. The molecule has 0 saturated carbocycles. The minimum absolute atomic E-state index is 0.104. The number of hydrogen-bond acceptors (Lipinski definition) is 4. The molecule has 1 saturated heterocycles. The average molecular weight is 248 g/mol. The summed E-state index contributed by atoms with van der Waals surface area (Å²) in [5.41, 5.74) is -0.317. The van der Waals surface area contributed by atoms with Gasteiger partial charge in [0.2, 0.25) is 0 Å². The normalized spacial score (nSPS) is 19.2. The molecule has 1 aliphatic heterocycles. The summed E-state index contributed by atoms with van der Waals surface area (Å²) in [5, 5.41) is 14.2. The molecule has 18 heavy (non-hydrogen) atoms. The molecule has 0 spiro atoms. The third-order valence-corrected chi connectivity index (χ3v) is 3.54. The van der Waals surface area contributed by atoms with Crippen LogP contribution in [-0.4, -0.2) is 38.3 Å². The van der Waals surface area contributed by atoms with Crippen molar-refractivity contribution in [1.82, 2.24) is 19.9 Å². The highest BCUT2D eigenvalue weighted by Crippen LogP contribution is 2.19. The van der Waals surface area contributed by atoms with E-state index in [1.165, 1.54) is 10.9 Å². The highest BCUT2D eigenvalue weighted by molar-refractivity contribution is 5.73. The summed E-state index contributed by atoms with van der Waals surface area (Å²) < 4.78 is 1.50. The number of H-pyrrole nitrogens is 1. The van der Waals surface area contributed by atoms with Crippen LogP contribution in [0.5, 0.6) is 0 Å². The van der Waals surface area contributed by atoms with E-state index >= 15 is 0 Å².